The number of rotatable bonds is 2. The minimum Gasteiger partial charge on any atom is -0.393 e. The number of morpholine rings is 1. The monoisotopic (exact) mass is 291 g/mol. The normalized spacial score (nSPS) is 29.6. The standard InChI is InChI=1S/C15H21N3O3/c1-10-12(7-16-9-17-10)15(20)18-5-6-21-8-13(18)11-3-2-4-14(11)19/h7,9,11,13-14,19H,2-6,8H2,1H3/t11-,13-,14-/m1/s1. The van der Waals surface area contributed by atoms with Gasteiger partial charge >= 0.3 is 0 Å². The van der Waals surface area contributed by atoms with Crippen LogP contribution in [0.4, 0.5) is 0 Å². The summed E-state index contributed by atoms with van der Waals surface area (Å²) < 4.78 is 5.55. The summed E-state index contributed by atoms with van der Waals surface area (Å²) in [7, 11) is 0. The van der Waals surface area contributed by atoms with Crippen LogP contribution in [0.15, 0.2) is 12.5 Å². The van der Waals surface area contributed by atoms with E-state index in [0.29, 0.717) is 31.0 Å². The maximum absolute atomic E-state index is 12.8. The SMILES string of the molecule is Cc1ncncc1C(=O)N1CCOC[C@@H]1[C@H]1CCC[C@H]1O. The number of carbonyl (C=O) groups is 1. The molecule has 1 saturated heterocycles. The molecule has 3 atom stereocenters. The Hall–Kier alpha value is -1.53. The van der Waals surface area contributed by atoms with Crippen LogP contribution in [-0.4, -0.2) is 57.8 Å². The summed E-state index contributed by atoms with van der Waals surface area (Å²) in [5.41, 5.74) is 1.23. The fraction of sp³-hybridized carbons (Fsp3) is 0.667. The number of aliphatic hydroxyl groups is 1. The number of carbonyl (C=O) groups excluding carboxylic acids is 1. The van der Waals surface area contributed by atoms with Crippen molar-refractivity contribution in [2.24, 2.45) is 5.92 Å². The molecule has 0 aromatic carbocycles. The smallest absolute Gasteiger partial charge is 0.257 e. The lowest BCUT2D eigenvalue weighted by atomic mass is 9.93. The molecule has 0 radical (unpaired) electrons. The van der Waals surface area contributed by atoms with Crippen molar-refractivity contribution in [1.82, 2.24) is 14.9 Å². The Bertz CT molecular complexity index is 523. The Morgan fingerprint density at radius 2 is 2.33 bits per heavy atom. The minimum atomic E-state index is -0.333. The third-order valence-electron chi connectivity index (χ3n) is 4.59. The quantitative estimate of drug-likeness (QED) is 0.872. The second-order valence-electron chi connectivity index (χ2n) is 5.82. The topological polar surface area (TPSA) is 75.6 Å². The van der Waals surface area contributed by atoms with Crippen LogP contribution in [-0.2, 0) is 4.74 Å². The first-order valence-electron chi connectivity index (χ1n) is 7.52. The van der Waals surface area contributed by atoms with Crippen molar-refractivity contribution >= 4 is 5.91 Å². The molecular weight excluding hydrogens is 270 g/mol. The Kier molecular flexibility index (Phi) is 4.17. The number of aryl methyl sites for hydroxylation is 1. The van der Waals surface area contributed by atoms with E-state index in [4.69, 9.17) is 4.74 Å². The van der Waals surface area contributed by atoms with Gasteiger partial charge in [0.25, 0.3) is 5.91 Å². The Balaban J connectivity index is 1.84. The largest absolute Gasteiger partial charge is 0.393 e. The number of ether oxygens (including phenoxy) is 1. The number of amides is 1. The number of aromatic nitrogens is 2. The molecule has 1 aromatic rings. The molecule has 114 valence electrons. The van der Waals surface area contributed by atoms with E-state index in [0.717, 1.165) is 19.3 Å². The molecule has 1 amide bonds. The highest BCUT2D eigenvalue weighted by Gasteiger charge is 2.40. The van der Waals surface area contributed by atoms with Crippen LogP contribution < -0.4 is 0 Å². The van der Waals surface area contributed by atoms with Crippen LogP contribution in [0.2, 0.25) is 0 Å². The first-order valence-corrected chi connectivity index (χ1v) is 7.52. The minimum absolute atomic E-state index is 0.0524. The van der Waals surface area contributed by atoms with Crippen molar-refractivity contribution in [3.8, 4) is 0 Å². The van der Waals surface area contributed by atoms with Gasteiger partial charge in [-0.05, 0) is 19.8 Å². The van der Waals surface area contributed by atoms with E-state index < -0.39 is 0 Å². The molecular formula is C15H21N3O3. The molecule has 3 rings (SSSR count). The van der Waals surface area contributed by atoms with Gasteiger partial charge in [0.2, 0.25) is 0 Å². The highest BCUT2D eigenvalue weighted by atomic mass is 16.5. The predicted octanol–water partition coefficient (Wildman–Crippen LogP) is 0.787. The third-order valence-corrected chi connectivity index (χ3v) is 4.59. The van der Waals surface area contributed by atoms with Gasteiger partial charge in [-0.15, -0.1) is 0 Å². The van der Waals surface area contributed by atoms with E-state index in [2.05, 4.69) is 9.97 Å². The summed E-state index contributed by atoms with van der Waals surface area (Å²) >= 11 is 0. The molecule has 2 heterocycles. The molecule has 0 unspecified atom stereocenters. The van der Waals surface area contributed by atoms with Crippen LogP contribution in [0, 0.1) is 12.8 Å². The second kappa shape index (κ2) is 6.07. The van der Waals surface area contributed by atoms with Crippen LogP contribution in [0.5, 0.6) is 0 Å². The molecule has 6 nitrogen and oxygen atoms in total. The lowest BCUT2D eigenvalue weighted by Crippen LogP contribution is -2.53. The number of hydrogen-bond acceptors (Lipinski definition) is 5. The van der Waals surface area contributed by atoms with Crippen LogP contribution in [0.3, 0.4) is 0 Å². The maximum Gasteiger partial charge on any atom is 0.257 e. The van der Waals surface area contributed by atoms with Gasteiger partial charge in [0.15, 0.2) is 0 Å². The summed E-state index contributed by atoms with van der Waals surface area (Å²) in [5, 5.41) is 10.1. The van der Waals surface area contributed by atoms with Gasteiger partial charge in [-0.25, -0.2) is 9.97 Å². The van der Waals surface area contributed by atoms with Crippen LogP contribution >= 0.6 is 0 Å². The average Bonchev–Trinajstić information content (AvgIpc) is 2.93. The molecule has 1 aliphatic carbocycles. The predicted molar refractivity (Wildman–Crippen MR) is 75.8 cm³/mol. The van der Waals surface area contributed by atoms with E-state index >= 15 is 0 Å². The van der Waals surface area contributed by atoms with Crippen molar-refractivity contribution in [1.29, 1.82) is 0 Å². The van der Waals surface area contributed by atoms with Crippen molar-refractivity contribution in [3.05, 3.63) is 23.8 Å². The molecule has 1 aromatic heterocycles. The zero-order valence-electron chi connectivity index (χ0n) is 12.2. The molecule has 1 saturated carbocycles. The summed E-state index contributed by atoms with van der Waals surface area (Å²) in [6.07, 6.45) is 5.46. The number of aliphatic hydroxyl groups excluding tert-OH is 1. The van der Waals surface area contributed by atoms with E-state index in [1.54, 1.807) is 6.20 Å². The van der Waals surface area contributed by atoms with Crippen LogP contribution in [0.1, 0.15) is 35.3 Å². The highest BCUT2D eigenvalue weighted by molar-refractivity contribution is 5.95. The fourth-order valence-corrected chi connectivity index (χ4v) is 3.40. The molecule has 1 N–H and O–H groups in total. The lowest BCUT2D eigenvalue weighted by Gasteiger charge is -2.40. The van der Waals surface area contributed by atoms with Gasteiger partial charge in [-0.3, -0.25) is 4.79 Å². The molecule has 2 fully saturated rings. The zero-order chi connectivity index (χ0) is 14.8. The van der Waals surface area contributed by atoms with E-state index in [9.17, 15) is 9.90 Å². The zero-order valence-corrected chi connectivity index (χ0v) is 12.2. The second-order valence-corrected chi connectivity index (χ2v) is 5.82. The van der Waals surface area contributed by atoms with Crippen molar-refractivity contribution in [3.63, 3.8) is 0 Å². The molecule has 1 aliphatic heterocycles. The van der Waals surface area contributed by atoms with Crippen molar-refractivity contribution in [2.45, 2.75) is 38.3 Å². The lowest BCUT2D eigenvalue weighted by molar-refractivity contribution is -0.0384. The Morgan fingerprint density at radius 3 is 3.05 bits per heavy atom. The number of hydrogen-bond donors (Lipinski definition) is 1. The first kappa shape index (κ1) is 14.4. The van der Waals surface area contributed by atoms with Crippen molar-refractivity contribution in [2.75, 3.05) is 19.8 Å². The summed E-state index contributed by atoms with van der Waals surface area (Å²) in [4.78, 5) is 22.7. The van der Waals surface area contributed by atoms with Gasteiger partial charge in [0, 0.05) is 18.7 Å². The van der Waals surface area contributed by atoms with E-state index in [-0.39, 0.29) is 24.0 Å². The van der Waals surface area contributed by atoms with E-state index in [1.807, 2.05) is 11.8 Å². The van der Waals surface area contributed by atoms with E-state index in [1.165, 1.54) is 6.33 Å². The average molecular weight is 291 g/mol. The van der Waals surface area contributed by atoms with Gasteiger partial charge in [-0.2, -0.15) is 0 Å². The summed E-state index contributed by atoms with van der Waals surface area (Å²) in [5.74, 6) is 0.0553. The van der Waals surface area contributed by atoms with Gasteiger partial charge in [0.1, 0.15) is 6.33 Å². The fourth-order valence-electron chi connectivity index (χ4n) is 3.40. The van der Waals surface area contributed by atoms with Gasteiger partial charge in [-0.1, -0.05) is 6.42 Å². The van der Waals surface area contributed by atoms with Gasteiger partial charge in [0.05, 0.1) is 36.6 Å². The molecule has 0 spiro atoms. The molecule has 21 heavy (non-hydrogen) atoms. The molecule has 0 bridgehead atoms. The highest BCUT2D eigenvalue weighted by Crippen LogP contribution is 2.32. The molecule has 6 heteroatoms. The molecule has 2 aliphatic rings. The summed E-state index contributed by atoms with van der Waals surface area (Å²) in [6.45, 7) is 3.41. The van der Waals surface area contributed by atoms with Crippen molar-refractivity contribution < 1.29 is 14.6 Å². The maximum atomic E-state index is 12.8. The third kappa shape index (κ3) is 2.78. The number of nitrogens with zero attached hydrogens (tertiary/aromatic N) is 3. The Morgan fingerprint density at radius 1 is 1.48 bits per heavy atom. The van der Waals surface area contributed by atoms with Crippen LogP contribution in [0.25, 0.3) is 0 Å². The van der Waals surface area contributed by atoms with Gasteiger partial charge < -0.3 is 14.7 Å². The Labute approximate surface area is 124 Å². The summed E-state index contributed by atoms with van der Waals surface area (Å²) in [6, 6.07) is -0.0524. The first-order chi connectivity index (χ1) is 10.2.